The van der Waals surface area contributed by atoms with Crippen molar-refractivity contribution in [2.24, 2.45) is 0 Å². The van der Waals surface area contributed by atoms with Crippen LogP contribution < -0.4 is 5.32 Å². The van der Waals surface area contributed by atoms with Gasteiger partial charge in [-0.15, -0.1) is 0 Å². The summed E-state index contributed by atoms with van der Waals surface area (Å²) in [6, 6.07) is 0. The van der Waals surface area contributed by atoms with Gasteiger partial charge in [0, 0.05) is 6.54 Å². The van der Waals surface area contributed by atoms with Gasteiger partial charge in [-0.25, -0.2) is 22.0 Å². The predicted octanol–water partition coefficient (Wildman–Crippen LogP) is 5.54. The van der Waals surface area contributed by atoms with Crippen LogP contribution in [0.5, 0.6) is 0 Å². The first-order valence-corrected chi connectivity index (χ1v) is 7.26. The van der Waals surface area contributed by atoms with Gasteiger partial charge in [0.25, 0.3) is 0 Å². The topological polar surface area (TPSA) is 12.0 Å². The van der Waals surface area contributed by atoms with Crippen LogP contribution >= 0.6 is 0 Å². The molecule has 6 heteroatoms. The van der Waals surface area contributed by atoms with E-state index in [0.717, 1.165) is 32.1 Å². The maximum Gasteiger partial charge on any atom is 0.200 e. The zero-order chi connectivity index (χ0) is 15.8. The summed E-state index contributed by atoms with van der Waals surface area (Å²) in [5.74, 6) is -9.60. The third-order valence-corrected chi connectivity index (χ3v) is 3.29. The van der Waals surface area contributed by atoms with Crippen LogP contribution in [0.2, 0.25) is 0 Å². The molecule has 0 atom stereocenters. The first-order valence-electron chi connectivity index (χ1n) is 7.26. The normalized spacial score (nSPS) is 11.0. The molecule has 0 aliphatic carbocycles. The summed E-state index contributed by atoms with van der Waals surface area (Å²) in [7, 11) is 0. The monoisotopic (exact) mass is 309 g/mol. The summed E-state index contributed by atoms with van der Waals surface area (Å²) in [5, 5.41) is 2.30. The van der Waals surface area contributed by atoms with Gasteiger partial charge in [-0.2, -0.15) is 0 Å². The highest BCUT2D eigenvalue weighted by atomic mass is 19.2. The Hall–Kier alpha value is -1.33. The molecule has 1 aromatic carbocycles. The lowest BCUT2D eigenvalue weighted by Crippen LogP contribution is -2.11. The molecule has 1 rings (SSSR count). The van der Waals surface area contributed by atoms with Gasteiger partial charge in [0.15, 0.2) is 23.3 Å². The van der Waals surface area contributed by atoms with E-state index in [4.69, 9.17) is 0 Å². The Bertz CT molecular complexity index is 433. The van der Waals surface area contributed by atoms with Crippen LogP contribution in [0.25, 0.3) is 0 Å². The van der Waals surface area contributed by atoms with Crippen LogP contribution in [0.3, 0.4) is 0 Å². The second-order valence-corrected chi connectivity index (χ2v) is 4.99. The van der Waals surface area contributed by atoms with Crippen molar-refractivity contribution in [3.8, 4) is 0 Å². The highest BCUT2D eigenvalue weighted by Gasteiger charge is 2.25. The third-order valence-electron chi connectivity index (χ3n) is 3.29. The summed E-state index contributed by atoms with van der Waals surface area (Å²) in [6.45, 7) is 2.29. The second kappa shape index (κ2) is 8.85. The van der Waals surface area contributed by atoms with E-state index in [2.05, 4.69) is 12.2 Å². The van der Waals surface area contributed by atoms with Gasteiger partial charge >= 0.3 is 0 Å². The molecule has 0 spiro atoms. The van der Waals surface area contributed by atoms with E-state index in [-0.39, 0.29) is 6.54 Å². The number of halogens is 5. The van der Waals surface area contributed by atoms with Crippen molar-refractivity contribution < 1.29 is 22.0 Å². The highest BCUT2D eigenvalue weighted by Crippen LogP contribution is 2.27. The quantitative estimate of drug-likeness (QED) is 0.273. The van der Waals surface area contributed by atoms with Crippen molar-refractivity contribution in [2.45, 2.75) is 51.9 Å². The zero-order valence-corrected chi connectivity index (χ0v) is 12.0. The molecule has 0 unspecified atom stereocenters. The number of nitrogens with one attached hydrogen (secondary N) is 1. The van der Waals surface area contributed by atoms with Crippen molar-refractivity contribution in [3.63, 3.8) is 0 Å². The van der Waals surface area contributed by atoms with Crippen LogP contribution in [-0.2, 0) is 0 Å². The maximum absolute atomic E-state index is 13.3. The summed E-state index contributed by atoms with van der Waals surface area (Å²) >= 11 is 0. The molecule has 0 aliphatic rings. The smallest absolute Gasteiger partial charge is 0.200 e. The molecule has 0 aliphatic heterocycles. The number of anilines is 1. The van der Waals surface area contributed by atoms with Gasteiger partial charge in [-0.05, 0) is 6.42 Å². The van der Waals surface area contributed by atoms with E-state index in [0.29, 0.717) is 6.42 Å². The van der Waals surface area contributed by atoms with Crippen molar-refractivity contribution in [1.82, 2.24) is 0 Å². The number of benzene rings is 1. The Labute approximate surface area is 121 Å². The first kappa shape index (κ1) is 17.7. The molecule has 1 nitrogen and oxygen atoms in total. The van der Waals surface area contributed by atoms with Gasteiger partial charge < -0.3 is 5.32 Å². The van der Waals surface area contributed by atoms with Crippen LogP contribution in [0.4, 0.5) is 27.6 Å². The molecule has 0 radical (unpaired) electrons. The molecular weight excluding hydrogens is 289 g/mol. The Kier molecular flexibility index (Phi) is 7.47. The van der Waals surface area contributed by atoms with Crippen LogP contribution in [0.15, 0.2) is 0 Å². The van der Waals surface area contributed by atoms with Gasteiger partial charge in [0.2, 0.25) is 5.82 Å². The molecule has 0 bridgehead atoms. The third kappa shape index (κ3) is 4.86. The largest absolute Gasteiger partial charge is 0.380 e. The Morgan fingerprint density at radius 3 is 1.57 bits per heavy atom. The van der Waals surface area contributed by atoms with Gasteiger partial charge in [-0.1, -0.05) is 45.4 Å². The van der Waals surface area contributed by atoms with Crippen molar-refractivity contribution in [2.75, 3.05) is 11.9 Å². The molecule has 0 heterocycles. The lowest BCUT2D eigenvalue weighted by molar-refractivity contribution is 0.381. The van der Waals surface area contributed by atoms with Gasteiger partial charge in [0.05, 0.1) is 0 Å². The summed E-state index contributed by atoms with van der Waals surface area (Å²) in [5.41, 5.74) is -0.947. The highest BCUT2D eigenvalue weighted by molar-refractivity contribution is 5.47. The minimum Gasteiger partial charge on any atom is -0.380 e. The predicted molar refractivity (Wildman–Crippen MR) is 72.7 cm³/mol. The van der Waals surface area contributed by atoms with E-state index in [1.165, 1.54) is 6.42 Å². The van der Waals surface area contributed by atoms with E-state index in [1.807, 2.05) is 0 Å². The Morgan fingerprint density at radius 2 is 1.05 bits per heavy atom. The molecule has 0 saturated heterocycles. The second-order valence-electron chi connectivity index (χ2n) is 4.99. The number of hydrogen-bond donors (Lipinski definition) is 1. The van der Waals surface area contributed by atoms with E-state index < -0.39 is 34.8 Å². The van der Waals surface area contributed by atoms with E-state index in [9.17, 15) is 22.0 Å². The average molecular weight is 309 g/mol. The summed E-state index contributed by atoms with van der Waals surface area (Å²) < 4.78 is 65.4. The maximum atomic E-state index is 13.3. The van der Waals surface area contributed by atoms with Gasteiger partial charge in [-0.3, -0.25) is 0 Å². The Morgan fingerprint density at radius 1 is 0.619 bits per heavy atom. The fraction of sp³-hybridized carbons (Fsp3) is 0.600. The molecule has 120 valence electrons. The molecule has 1 aromatic rings. The van der Waals surface area contributed by atoms with Crippen LogP contribution in [0.1, 0.15) is 51.9 Å². The van der Waals surface area contributed by atoms with E-state index >= 15 is 0 Å². The number of hydrogen-bond acceptors (Lipinski definition) is 1. The summed E-state index contributed by atoms with van der Waals surface area (Å²) in [6.07, 6.45) is 7.05. The molecular formula is C15H20F5N. The zero-order valence-electron chi connectivity index (χ0n) is 12.0. The molecule has 0 amide bonds. The summed E-state index contributed by atoms with van der Waals surface area (Å²) in [4.78, 5) is 0. The fourth-order valence-corrected chi connectivity index (χ4v) is 2.06. The average Bonchev–Trinajstić information content (AvgIpc) is 2.49. The SMILES string of the molecule is CCCCCCCCCNc1c(F)c(F)c(F)c(F)c1F. The van der Waals surface area contributed by atoms with Crippen molar-refractivity contribution in [1.29, 1.82) is 0 Å². The minimum atomic E-state index is -2.13. The molecule has 21 heavy (non-hydrogen) atoms. The van der Waals surface area contributed by atoms with Crippen LogP contribution in [-0.4, -0.2) is 6.54 Å². The van der Waals surface area contributed by atoms with E-state index in [1.54, 1.807) is 0 Å². The first-order chi connectivity index (χ1) is 10.0. The van der Waals surface area contributed by atoms with Crippen LogP contribution in [0, 0.1) is 29.1 Å². The molecule has 0 saturated carbocycles. The fourth-order valence-electron chi connectivity index (χ4n) is 2.06. The molecule has 1 N–H and O–H groups in total. The number of rotatable bonds is 9. The lowest BCUT2D eigenvalue weighted by Gasteiger charge is -2.10. The Balaban J connectivity index is 2.43. The lowest BCUT2D eigenvalue weighted by atomic mass is 10.1. The van der Waals surface area contributed by atoms with Crippen molar-refractivity contribution >= 4 is 5.69 Å². The molecule has 0 aromatic heterocycles. The molecule has 0 fully saturated rings. The number of unbranched alkanes of at least 4 members (excludes halogenated alkanes) is 6. The minimum absolute atomic E-state index is 0.173. The van der Waals surface area contributed by atoms with Gasteiger partial charge in [0.1, 0.15) is 5.69 Å². The van der Waals surface area contributed by atoms with Crippen molar-refractivity contribution in [3.05, 3.63) is 29.1 Å². The standard InChI is InChI=1S/C15H20F5N/c1-2-3-4-5-6-7-8-9-21-15-13(19)11(17)10(16)12(18)14(15)20/h21H,2-9H2,1H3.